The van der Waals surface area contributed by atoms with Gasteiger partial charge in [0, 0.05) is 19.7 Å². The average molecular weight is 209 g/mol. The summed E-state index contributed by atoms with van der Waals surface area (Å²) in [5, 5.41) is 4.07. The minimum atomic E-state index is -0.230. The molecule has 0 bridgehead atoms. The van der Waals surface area contributed by atoms with Crippen molar-refractivity contribution in [2.75, 3.05) is 32.3 Å². The highest BCUT2D eigenvalue weighted by Crippen LogP contribution is 2.19. The Bertz CT molecular complexity index is 366. The summed E-state index contributed by atoms with van der Waals surface area (Å²) in [6.07, 6.45) is 0. The maximum absolute atomic E-state index is 11.7. The number of nitrogens with two attached hydrogens (primary N) is 1. The number of anilines is 2. The Morgan fingerprint density at radius 1 is 1.53 bits per heavy atom. The number of hydroxylamine groups is 2. The molecule has 0 aliphatic rings. The molecule has 5 heteroatoms. The molecule has 0 aliphatic heterocycles. The molecule has 0 radical (unpaired) electrons. The van der Waals surface area contributed by atoms with Crippen molar-refractivity contribution in [3.8, 4) is 0 Å². The van der Waals surface area contributed by atoms with Crippen molar-refractivity contribution in [3.05, 3.63) is 23.8 Å². The summed E-state index contributed by atoms with van der Waals surface area (Å²) >= 11 is 0. The van der Waals surface area contributed by atoms with Crippen molar-refractivity contribution in [2.45, 2.75) is 0 Å². The second kappa shape index (κ2) is 4.65. The number of amides is 1. The first kappa shape index (κ1) is 11.3. The van der Waals surface area contributed by atoms with Crippen LogP contribution in [0.4, 0.5) is 11.4 Å². The van der Waals surface area contributed by atoms with E-state index in [0.717, 1.165) is 10.8 Å². The number of rotatable bonds is 3. The molecule has 1 aromatic rings. The van der Waals surface area contributed by atoms with Gasteiger partial charge >= 0.3 is 0 Å². The van der Waals surface area contributed by atoms with Crippen molar-refractivity contribution in [1.29, 1.82) is 0 Å². The molecule has 0 heterocycles. The summed E-state index contributed by atoms with van der Waals surface area (Å²) in [6, 6.07) is 5.07. The molecule has 0 atom stereocenters. The number of hydrogen-bond acceptors (Lipinski definition) is 4. The molecule has 3 N–H and O–H groups in total. The molecular formula is C10H15N3O2. The van der Waals surface area contributed by atoms with Crippen LogP contribution in [-0.4, -0.2) is 32.2 Å². The van der Waals surface area contributed by atoms with Crippen molar-refractivity contribution >= 4 is 17.3 Å². The minimum absolute atomic E-state index is 0.230. The first-order valence-electron chi connectivity index (χ1n) is 4.49. The smallest absolute Gasteiger partial charge is 0.277 e. The number of nitrogens with zero attached hydrogens (tertiary/aromatic N) is 1. The van der Waals surface area contributed by atoms with Gasteiger partial charge in [0.1, 0.15) is 0 Å². The van der Waals surface area contributed by atoms with Crippen LogP contribution in [0.3, 0.4) is 0 Å². The quantitative estimate of drug-likeness (QED) is 0.574. The lowest BCUT2D eigenvalue weighted by Crippen LogP contribution is -2.25. The topological polar surface area (TPSA) is 67.6 Å². The van der Waals surface area contributed by atoms with Gasteiger partial charge in [-0.15, -0.1) is 0 Å². The zero-order chi connectivity index (χ0) is 11.4. The molecular weight excluding hydrogens is 194 g/mol. The van der Waals surface area contributed by atoms with Gasteiger partial charge in [0.2, 0.25) is 0 Å². The summed E-state index contributed by atoms with van der Waals surface area (Å²) in [5.74, 6) is -0.230. The Kier molecular flexibility index (Phi) is 3.51. The number of hydrogen-bond donors (Lipinski definition) is 2. The average Bonchev–Trinajstić information content (AvgIpc) is 2.26. The zero-order valence-electron chi connectivity index (χ0n) is 9.07. The standard InChI is InChI=1S/C10H15N3O2/c1-12-9-5-4-7(6-8(9)11)10(14)13(2)15-3/h4-6,12H,11H2,1-3H3. The number of carbonyl (C=O) groups excluding carboxylic acids is 1. The van der Waals surface area contributed by atoms with Crippen molar-refractivity contribution in [3.63, 3.8) is 0 Å². The van der Waals surface area contributed by atoms with E-state index in [1.54, 1.807) is 32.3 Å². The lowest BCUT2D eigenvalue weighted by Gasteiger charge is -2.14. The number of nitrogen functional groups attached to an aromatic ring is 1. The minimum Gasteiger partial charge on any atom is -0.397 e. The van der Waals surface area contributed by atoms with Crippen LogP contribution in [0.15, 0.2) is 18.2 Å². The van der Waals surface area contributed by atoms with Crippen LogP contribution in [0.1, 0.15) is 10.4 Å². The summed E-state index contributed by atoms with van der Waals surface area (Å²) < 4.78 is 0. The van der Waals surface area contributed by atoms with E-state index < -0.39 is 0 Å². The van der Waals surface area contributed by atoms with Crippen LogP contribution < -0.4 is 11.1 Å². The Labute approximate surface area is 88.8 Å². The molecule has 1 rings (SSSR count). The third kappa shape index (κ3) is 2.38. The number of carbonyl (C=O) groups is 1. The molecule has 1 aromatic carbocycles. The third-order valence-corrected chi connectivity index (χ3v) is 2.13. The Morgan fingerprint density at radius 2 is 2.20 bits per heavy atom. The molecule has 15 heavy (non-hydrogen) atoms. The van der Waals surface area contributed by atoms with Crippen LogP contribution in [0.25, 0.3) is 0 Å². The predicted molar refractivity (Wildman–Crippen MR) is 59.5 cm³/mol. The molecule has 5 nitrogen and oxygen atoms in total. The summed E-state index contributed by atoms with van der Waals surface area (Å²) in [7, 11) is 4.75. The zero-order valence-corrected chi connectivity index (χ0v) is 9.07. The SMILES string of the molecule is CNc1ccc(C(=O)N(C)OC)cc1N. The molecule has 0 spiro atoms. The van der Waals surface area contributed by atoms with Crippen LogP contribution in [0, 0.1) is 0 Å². The van der Waals surface area contributed by atoms with E-state index in [4.69, 9.17) is 10.6 Å². The summed E-state index contributed by atoms with van der Waals surface area (Å²) in [6.45, 7) is 0. The Balaban J connectivity index is 2.97. The second-order valence-electron chi connectivity index (χ2n) is 3.04. The van der Waals surface area contributed by atoms with Crippen LogP contribution in [-0.2, 0) is 4.84 Å². The van der Waals surface area contributed by atoms with Gasteiger partial charge in [0.25, 0.3) is 5.91 Å². The number of benzene rings is 1. The number of nitrogens with one attached hydrogen (secondary N) is 1. The van der Waals surface area contributed by atoms with Crippen molar-refractivity contribution < 1.29 is 9.63 Å². The monoisotopic (exact) mass is 209 g/mol. The van der Waals surface area contributed by atoms with Gasteiger partial charge in [-0.25, -0.2) is 5.06 Å². The van der Waals surface area contributed by atoms with Gasteiger partial charge in [-0.2, -0.15) is 0 Å². The lowest BCUT2D eigenvalue weighted by molar-refractivity contribution is -0.0756. The van der Waals surface area contributed by atoms with Gasteiger partial charge in [0.05, 0.1) is 18.5 Å². The fourth-order valence-electron chi connectivity index (χ4n) is 1.19. The van der Waals surface area contributed by atoms with Crippen molar-refractivity contribution in [2.24, 2.45) is 0 Å². The highest BCUT2D eigenvalue weighted by atomic mass is 16.7. The predicted octanol–water partition coefficient (Wildman–Crippen LogP) is 0.944. The molecule has 82 valence electrons. The molecule has 0 saturated heterocycles. The van der Waals surface area contributed by atoms with E-state index >= 15 is 0 Å². The van der Waals surface area contributed by atoms with E-state index in [-0.39, 0.29) is 5.91 Å². The van der Waals surface area contributed by atoms with Gasteiger partial charge in [-0.1, -0.05) is 0 Å². The van der Waals surface area contributed by atoms with E-state index in [0.29, 0.717) is 11.3 Å². The first-order valence-corrected chi connectivity index (χ1v) is 4.49. The van der Waals surface area contributed by atoms with Gasteiger partial charge < -0.3 is 11.1 Å². The van der Waals surface area contributed by atoms with E-state index in [1.807, 2.05) is 0 Å². The van der Waals surface area contributed by atoms with Crippen LogP contribution in [0.2, 0.25) is 0 Å². The maximum atomic E-state index is 11.7. The fraction of sp³-hybridized carbons (Fsp3) is 0.300. The Morgan fingerprint density at radius 3 is 2.67 bits per heavy atom. The summed E-state index contributed by atoms with van der Waals surface area (Å²) in [5.41, 5.74) is 7.57. The molecule has 1 amide bonds. The second-order valence-corrected chi connectivity index (χ2v) is 3.04. The van der Waals surface area contributed by atoms with Gasteiger partial charge in [-0.05, 0) is 18.2 Å². The van der Waals surface area contributed by atoms with Crippen LogP contribution in [0.5, 0.6) is 0 Å². The van der Waals surface area contributed by atoms with Crippen molar-refractivity contribution in [1.82, 2.24) is 5.06 Å². The van der Waals surface area contributed by atoms with Crippen LogP contribution >= 0.6 is 0 Å². The molecule has 0 saturated carbocycles. The summed E-state index contributed by atoms with van der Waals surface area (Å²) in [4.78, 5) is 16.4. The maximum Gasteiger partial charge on any atom is 0.277 e. The van der Waals surface area contributed by atoms with E-state index in [2.05, 4.69) is 5.32 Å². The highest BCUT2D eigenvalue weighted by Gasteiger charge is 2.12. The lowest BCUT2D eigenvalue weighted by atomic mass is 10.1. The fourth-order valence-corrected chi connectivity index (χ4v) is 1.19. The van der Waals surface area contributed by atoms with Gasteiger partial charge in [0.15, 0.2) is 0 Å². The molecule has 0 fully saturated rings. The third-order valence-electron chi connectivity index (χ3n) is 2.13. The van der Waals surface area contributed by atoms with E-state index in [9.17, 15) is 4.79 Å². The highest BCUT2D eigenvalue weighted by molar-refractivity contribution is 5.95. The van der Waals surface area contributed by atoms with E-state index in [1.165, 1.54) is 7.11 Å². The largest absolute Gasteiger partial charge is 0.397 e. The molecule has 0 aromatic heterocycles. The normalized spacial score (nSPS) is 9.80. The Hall–Kier alpha value is -1.75. The first-order chi connectivity index (χ1) is 7.10. The molecule has 0 aliphatic carbocycles. The van der Waals surface area contributed by atoms with Gasteiger partial charge in [-0.3, -0.25) is 9.63 Å². The molecule has 0 unspecified atom stereocenters.